The normalized spacial score (nSPS) is 12.9. The zero-order valence-corrected chi connectivity index (χ0v) is 16.4. The smallest absolute Gasteiger partial charge is 0.326 e. The van der Waals surface area contributed by atoms with Crippen LogP contribution >= 0.6 is 23.4 Å². The molecule has 2 aromatic carbocycles. The fourth-order valence-electron chi connectivity index (χ4n) is 2.56. The van der Waals surface area contributed by atoms with Gasteiger partial charge in [-0.25, -0.2) is 0 Å². The molecule has 1 aliphatic rings. The van der Waals surface area contributed by atoms with Crippen LogP contribution in [0.4, 0.5) is 17.1 Å². The number of thioether (sulfide) groups is 1. The second-order valence-corrected chi connectivity index (χ2v) is 7.29. The minimum absolute atomic E-state index is 0.0269. The van der Waals surface area contributed by atoms with E-state index < -0.39 is 23.4 Å². The van der Waals surface area contributed by atoms with Crippen LogP contribution in [0.3, 0.4) is 0 Å². The second-order valence-electron chi connectivity index (χ2n) is 5.87. The van der Waals surface area contributed by atoms with Gasteiger partial charge < -0.3 is 10.1 Å². The van der Waals surface area contributed by atoms with Gasteiger partial charge in [-0.05, 0) is 18.2 Å². The van der Waals surface area contributed by atoms with Crippen LogP contribution in [-0.4, -0.2) is 41.6 Å². The number of carbonyl (C=O) groups excluding carboxylic acids is 3. The fourth-order valence-corrected chi connectivity index (χ4v) is 3.66. The molecule has 0 unspecified atom stereocenters. The predicted octanol–water partition coefficient (Wildman–Crippen LogP) is 2.87. The van der Waals surface area contributed by atoms with Crippen molar-refractivity contribution in [2.75, 3.05) is 29.1 Å². The molecule has 0 aromatic heterocycles. The van der Waals surface area contributed by atoms with E-state index in [9.17, 15) is 24.5 Å². The van der Waals surface area contributed by atoms with Gasteiger partial charge >= 0.3 is 5.97 Å². The first-order valence-corrected chi connectivity index (χ1v) is 9.63. The number of anilines is 2. The molecule has 0 atom stereocenters. The van der Waals surface area contributed by atoms with Crippen molar-refractivity contribution < 1.29 is 24.0 Å². The Morgan fingerprint density at radius 1 is 1.28 bits per heavy atom. The van der Waals surface area contributed by atoms with Crippen LogP contribution < -0.4 is 10.2 Å². The summed E-state index contributed by atoms with van der Waals surface area (Å²) < 4.78 is 4.93. The third kappa shape index (κ3) is 5.04. The molecule has 0 saturated heterocycles. The molecule has 0 fully saturated rings. The number of nitro groups is 1. The summed E-state index contributed by atoms with van der Waals surface area (Å²) in [7, 11) is 0. The number of nitrogens with zero attached hydrogens (tertiary/aromatic N) is 2. The molecule has 0 aliphatic carbocycles. The van der Waals surface area contributed by atoms with E-state index in [4.69, 9.17) is 16.3 Å². The summed E-state index contributed by atoms with van der Waals surface area (Å²) >= 11 is 7.29. The molecular formula is C18H14ClN3O6S. The summed E-state index contributed by atoms with van der Waals surface area (Å²) in [5, 5.41) is 13.3. The number of halogens is 1. The van der Waals surface area contributed by atoms with E-state index in [0.29, 0.717) is 5.69 Å². The van der Waals surface area contributed by atoms with Crippen LogP contribution in [0.2, 0.25) is 5.02 Å². The van der Waals surface area contributed by atoms with Gasteiger partial charge in [-0.1, -0.05) is 23.7 Å². The third-order valence-corrected chi connectivity index (χ3v) is 5.27. The molecule has 3 rings (SSSR count). The predicted molar refractivity (Wildman–Crippen MR) is 107 cm³/mol. The van der Waals surface area contributed by atoms with Crippen LogP contribution in [0, 0.1) is 10.1 Å². The molecule has 2 aromatic rings. The van der Waals surface area contributed by atoms with Gasteiger partial charge in [0.05, 0.1) is 27.1 Å². The summed E-state index contributed by atoms with van der Waals surface area (Å²) in [6, 6.07) is 10.7. The van der Waals surface area contributed by atoms with E-state index in [-0.39, 0.29) is 34.6 Å². The topological polar surface area (TPSA) is 119 Å². The van der Waals surface area contributed by atoms with Crippen LogP contribution in [0.15, 0.2) is 47.4 Å². The quantitative estimate of drug-likeness (QED) is 0.421. The molecule has 9 nitrogen and oxygen atoms in total. The van der Waals surface area contributed by atoms with Gasteiger partial charge in [-0.15, -0.1) is 11.8 Å². The molecule has 1 heterocycles. The van der Waals surface area contributed by atoms with Crippen molar-refractivity contribution in [3.05, 3.63) is 57.6 Å². The zero-order valence-electron chi connectivity index (χ0n) is 14.8. The number of esters is 1. The van der Waals surface area contributed by atoms with Gasteiger partial charge in [-0.2, -0.15) is 0 Å². The average molecular weight is 436 g/mol. The number of amides is 2. The first-order chi connectivity index (χ1) is 13.8. The van der Waals surface area contributed by atoms with Gasteiger partial charge in [-0.3, -0.25) is 29.4 Å². The SMILES string of the molecule is O=C(COC(=O)CN1C(=O)CSc2ccccc21)Nc1cc([N+](=O)[O-])ccc1Cl. The highest BCUT2D eigenvalue weighted by Crippen LogP contribution is 2.34. The van der Waals surface area contributed by atoms with Gasteiger partial charge in [0.1, 0.15) is 6.54 Å². The van der Waals surface area contributed by atoms with E-state index in [1.807, 2.05) is 12.1 Å². The molecule has 0 radical (unpaired) electrons. The highest BCUT2D eigenvalue weighted by Gasteiger charge is 2.27. The van der Waals surface area contributed by atoms with Gasteiger partial charge in [0.25, 0.3) is 11.6 Å². The van der Waals surface area contributed by atoms with E-state index in [0.717, 1.165) is 11.0 Å². The number of fused-ring (bicyclic) bond motifs is 1. The Balaban J connectivity index is 1.57. The monoisotopic (exact) mass is 435 g/mol. The van der Waals surface area contributed by atoms with Crippen LogP contribution in [0.1, 0.15) is 0 Å². The van der Waals surface area contributed by atoms with Crippen LogP contribution in [0.5, 0.6) is 0 Å². The Morgan fingerprint density at radius 2 is 2.03 bits per heavy atom. The lowest BCUT2D eigenvalue weighted by molar-refractivity contribution is -0.384. The summed E-state index contributed by atoms with van der Waals surface area (Å²) in [4.78, 5) is 48.6. The average Bonchev–Trinajstić information content (AvgIpc) is 2.70. The molecule has 150 valence electrons. The Labute approximate surface area is 174 Å². The van der Waals surface area contributed by atoms with E-state index in [2.05, 4.69) is 5.32 Å². The van der Waals surface area contributed by atoms with Crippen molar-refractivity contribution in [3.63, 3.8) is 0 Å². The molecule has 11 heteroatoms. The summed E-state index contributed by atoms with van der Waals surface area (Å²) in [5.74, 6) is -1.52. The van der Waals surface area contributed by atoms with Crippen molar-refractivity contribution in [2.24, 2.45) is 0 Å². The van der Waals surface area contributed by atoms with E-state index >= 15 is 0 Å². The minimum atomic E-state index is -0.764. The Kier molecular flexibility index (Phi) is 6.35. The number of hydrogen-bond donors (Lipinski definition) is 1. The van der Waals surface area contributed by atoms with Gasteiger partial charge in [0.15, 0.2) is 6.61 Å². The van der Waals surface area contributed by atoms with Crippen molar-refractivity contribution in [3.8, 4) is 0 Å². The molecule has 29 heavy (non-hydrogen) atoms. The molecule has 0 saturated carbocycles. The maximum absolute atomic E-state index is 12.1. The van der Waals surface area contributed by atoms with E-state index in [1.165, 1.54) is 28.8 Å². The second kappa shape index (κ2) is 8.93. The standard InChI is InChI=1S/C18H14ClN3O6S/c19-12-6-5-11(22(26)27)7-13(12)20-16(23)9-28-18(25)8-21-14-3-1-2-4-15(14)29-10-17(21)24/h1-7H,8-10H2,(H,20,23). The number of benzene rings is 2. The molecule has 0 bridgehead atoms. The Bertz CT molecular complexity index is 999. The van der Waals surface area contributed by atoms with Crippen molar-refractivity contribution in [2.45, 2.75) is 4.90 Å². The highest BCUT2D eigenvalue weighted by atomic mass is 35.5. The Morgan fingerprint density at radius 3 is 2.79 bits per heavy atom. The zero-order chi connectivity index (χ0) is 21.0. The minimum Gasteiger partial charge on any atom is -0.454 e. The number of non-ortho nitro benzene ring substituents is 1. The van der Waals surface area contributed by atoms with Crippen LogP contribution in [-0.2, 0) is 19.1 Å². The van der Waals surface area contributed by atoms with Gasteiger partial charge in [0.2, 0.25) is 5.91 Å². The lowest BCUT2D eigenvalue weighted by Crippen LogP contribution is -2.40. The number of ether oxygens (including phenoxy) is 1. The first kappa shape index (κ1) is 20.6. The molecule has 1 N–H and O–H groups in total. The fraction of sp³-hybridized carbons (Fsp3) is 0.167. The molecular weight excluding hydrogens is 422 g/mol. The lowest BCUT2D eigenvalue weighted by Gasteiger charge is -2.27. The number of rotatable bonds is 6. The number of nitrogens with one attached hydrogen (secondary N) is 1. The maximum atomic E-state index is 12.1. The maximum Gasteiger partial charge on any atom is 0.326 e. The van der Waals surface area contributed by atoms with Gasteiger partial charge in [0, 0.05) is 17.0 Å². The lowest BCUT2D eigenvalue weighted by atomic mass is 10.2. The third-order valence-electron chi connectivity index (χ3n) is 3.89. The summed E-state index contributed by atoms with van der Waals surface area (Å²) in [6.07, 6.45) is 0. The number of nitro benzene ring substituents is 1. The van der Waals surface area contributed by atoms with Crippen LogP contribution in [0.25, 0.3) is 0 Å². The largest absolute Gasteiger partial charge is 0.454 e. The Hall–Kier alpha value is -3.11. The molecule has 1 aliphatic heterocycles. The summed E-state index contributed by atoms with van der Waals surface area (Å²) in [6.45, 7) is -0.961. The van der Waals surface area contributed by atoms with E-state index in [1.54, 1.807) is 12.1 Å². The summed E-state index contributed by atoms with van der Waals surface area (Å²) in [5.41, 5.74) is 0.388. The van der Waals surface area contributed by atoms with Crippen molar-refractivity contribution in [1.82, 2.24) is 0 Å². The highest BCUT2D eigenvalue weighted by molar-refractivity contribution is 8.00. The van der Waals surface area contributed by atoms with Crippen molar-refractivity contribution in [1.29, 1.82) is 0 Å². The molecule has 2 amide bonds. The number of para-hydroxylation sites is 1. The number of hydrogen-bond acceptors (Lipinski definition) is 7. The first-order valence-electron chi connectivity index (χ1n) is 8.27. The van der Waals surface area contributed by atoms with Crippen molar-refractivity contribution >= 4 is 58.2 Å². The molecule has 0 spiro atoms. The number of carbonyl (C=O) groups is 3.